The summed E-state index contributed by atoms with van der Waals surface area (Å²) in [5.41, 5.74) is 0.682. The fraction of sp³-hybridized carbons (Fsp3) is 0.267. The molecule has 0 fully saturated rings. The summed E-state index contributed by atoms with van der Waals surface area (Å²) in [6, 6.07) is 7.47. The lowest BCUT2D eigenvalue weighted by molar-refractivity contribution is 0.0943. The summed E-state index contributed by atoms with van der Waals surface area (Å²) >= 11 is 8.53. The van der Waals surface area contributed by atoms with E-state index >= 15 is 0 Å². The number of methoxy groups -OCH3 is 1. The minimum absolute atomic E-state index is 0.0940. The lowest BCUT2D eigenvalue weighted by atomic mass is 10.1. The van der Waals surface area contributed by atoms with E-state index in [-0.39, 0.29) is 5.78 Å². The van der Waals surface area contributed by atoms with E-state index in [4.69, 9.17) is 4.74 Å². The number of hydrogen-bond acceptors (Lipinski definition) is 4. The number of benzene rings is 1. The molecule has 2 rings (SSSR count). The fourth-order valence-corrected chi connectivity index (χ4v) is 4.01. The van der Waals surface area contributed by atoms with E-state index in [0.29, 0.717) is 12.1 Å². The molecule has 21 heavy (non-hydrogen) atoms. The first-order chi connectivity index (χ1) is 9.99. The second-order valence-corrected chi connectivity index (χ2v) is 7.44. The van der Waals surface area contributed by atoms with Crippen molar-refractivity contribution in [1.29, 1.82) is 0 Å². The first kappa shape index (κ1) is 16.7. The third kappa shape index (κ3) is 4.64. The molecule has 0 atom stereocenters. The molecule has 0 radical (unpaired) electrons. The van der Waals surface area contributed by atoms with E-state index in [9.17, 15) is 4.79 Å². The van der Waals surface area contributed by atoms with E-state index < -0.39 is 0 Å². The van der Waals surface area contributed by atoms with Gasteiger partial charge in [-0.1, -0.05) is 0 Å². The average Bonchev–Trinajstić information content (AvgIpc) is 2.83. The lowest BCUT2D eigenvalue weighted by Crippen LogP contribution is -2.25. The van der Waals surface area contributed by atoms with Gasteiger partial charge in [0.05, 0.1) is 18.1 Å². The van der Waals surface area contributed by atoms with Gasteiger partial charge in [-0.3, -0.25) is 9.69 Å². The number of ether oxygens (including phenoxy) is 1. The number of likely N-dealkylation sites (N-methyl/N-ethyl adjacent to an activating group) is 1. The van der Waals surface area contributed by atoms with E-state index in [2.05, 4.69) is 37.9 Å². The Hall–Kier alpha value is -0.690. The molecule has 0 aliphatic rings. The number of hydrogen-bond donors (Lipinski definition) is 0. The molecule has 0 bridgehead atoms. The highest BCUT2D eigenvalue weighted by Crippen LogP contribution is 2.26. The number of ketones is 1. The van der Waals surface area contributed by atoms with Gasteiger partial charge in [0, 0.05) is 26.8 Å². The molecule has 0 aliphatic heterocycles. The Bertz CT molecular complexity index is 642. The van der Waals surface area contributed by atoms with Gasteiger partial charge in [-0.05, 0) is 63.2 Å². The van der Waals surface area contributed by atoms with Crippen molar-refractivity contribution in [3.8, 4) is 5.75 Å². The van der Waals surface area contributed by atoms with Gasteiger partial charge < -0.3 is 4.74 Å². The molecule has 0 amide bonds. The molecule has 0 saturated carbocycles. The molecule has 1 heterocycles. The second kappa shape index (κ2) is 7.54. The summed E-state index contributed by atoms with van der Waals surface area (Å²) in [4.78, 5) is 15.5. The number of halogens is 2. The molecular formula is C15H15Br2NO2S. The van der Waals surface area contributed by atoms with Crippen molar-refractivity contribution in [3.63, 3.8) is 0 Å². The normalized spacial score (nSPS) is 10.9. The van der Waals surface area contributed by atoms with Crippen LogP contribution in [0.3, 0.4) is 0 Å². The highest BCUT2D eigenvalue weighted by Gasteiger charge is 2.12. The van der Waals surface area contributed by atoms with Crippen LogP contribution in [0.2, 0.25) is 0 Å². The molecule has 0 unspecified atom stereocenters. The third-order valence-electron chi connectivity index (χ3n) is 2.93. The molecular weight excluding hydrogens is 418 g/mol. The van der Waals surface area contributed by atoms with E-state index in [1.807, 2.05) is 17.3 Å². The van der Waals surface area contributed by atoms with E-state index in [1.54, 1.807) is 36.6 Å². The number of carbonyl (C=O) groups is 1. The summed E-state index contributed by atoms with van der Waals surface area (Å²) in [6.45, 7) is 1.15. The highest BCUT2D eigenvalue weighted by atomic mass is 79.9. The van der Waals surface area contributed by atoms with Gasteiger partial charge in [-0.2, -0.15) is 0 Å². The summed E-state index contributed by atoms with van der Waals surface area (Å²) in [6.07, 6.45) is 0. The largest absolute Gasteiger partial charge is 0.496 e. The number of thiophene rings is 1. The van der Waals surface area contributed by atoms with E-state index in [1.165, 1.54) is 4.88 Å². The Morgan fingerprint density at radius 1 is 1.33 bits per heavy atom. The van der Waals surface area contributed by atoms with Crippen molar-refractivity contribution in [2.45, 2.75) is 6.54 Å². The van der Waals surface area contributed by atoms with Gasteiger partial charge in [0.15, 0.2) is 5.78 Å². The number of Topliss-reactive ketones (excluding diaryl/α,β-unsaturated/α-hetero) is 1. The second-order valence-electron chi connectivity index (χ2n) is 4.68. The number of carbonyl (C=O) groups excluding carboxylic acids is 1. The third-order valence-corrected chi connectivity index (χ3v) is 5.24. The van der Waals surface area contributed by atoms with Crippen molar-refractivity contribution >= 4 is 49.0 Å². The standard InChI is InChI=1S/C15H15Br2NO2S/c1-18(7-12-6-11(16)9-21-12)8-14(19)10-3-4-15(20-2)13(17)5-10/h3-6,9H,7-8H2,1-2H3. The van der Waals surface area contributed by atoms with Crippen LogP contribution in [-0.2, 0) is 6.54 Å². The monoisotopic (exact) mass is 431 g/mol. The molecule has 0 spiro atoms. The maximum atomic E-state index is 12.3. The first-order valence-corrected chi connectivity index (χ1v) is 8.74. The zero-order valence-electron chi connectivity index (χ0n) is 11.7. The summed E-state index contributed by atoms with van der Waals surface area (Å²) in [5.74, 6) is 0.819. The van der Waals surface area contributed by atoms with Gasteiger partial charge >= 0.3 is 0 Å². The maximum Gasteiger partial charge on any atom is 0.176 e. The zero-order chi connectivity index (χ0) is 15.4. The Balaban J connectivity index is 1.98. The van der Waals surface area contributed by atoms with Crippen LogP contribution in [0.5, 0.6) is 5.75 Å². The Labute approximate surface area is 145 Å². The van der Waals surface area contributed by atoms with Gasteiger partial charge in [0.25, 0.3) is 0 Å². The lowest BCUT2D eigenvalue weighted by Gasteiger charge is -2.15. The molecule has 112 valence electrons. The van der Waals surface area contributed by atoms with Crippen molar-refractivity contribution in [2.75, 3.05) is 20.7 Å². The van der Waals surface area contributed by atoms with Crippen LogP contribution in [0.25, 0.3) is 0 Å². The van der Waals surface area contributed by atoms with Crippen LogP contribution in [0.15, 0.2) is 38.6 Å². The number of nitrogens with zero attached hydrogens (tertiary/aromatic N) is 1. The molecule has 0 N–H and O–H groups in total. The molecule has 0 saturated heterocycles. The Morgan fingerprint density at radius 2 is 2.10 bits per heavy atom. The Morgan fingerprint density at radius 3 is 2.67 bits per heavy atom. The molecule has 1 aromatic heterocycles. The van der Waals surface area contributed by atoms with E-state index in [0.717, 1.165) is 21.2 Å². The predicted octanol–water partition coefficient (Wildman–Crippen LogP) is 4.60. The van der Waals surface area contributed by atoms with Crippen LogP contribution in [0.1, 0.15) is 15.2 Å². The summed E-state index contributed by atoms with van der Waals surface area (Å²) in [5, 5.41) is 2.05. The van der Waals surface area contributed by atoms with Crippen molar-refractivity contribution in [3.05, 3.63) is 49.0 Å². The molecule has 0 aliphatic carbocycles. The molecule has 2 aromatic rings. The van der Waals surface area contributed by atoms with Gasteiger partial charge in [-0.25, -0.2) is 0 Å². The van der Waals surface area contributed by atoms with Crippen molar-refractivity contribution in [2.24, 2.45) is 0 Å². The first-order valence-electron chi connectivity index (χ1n) is 6.28. The SMILES string of the molecule is COc1ccc(C(=O)CN(C)Cc2cc(Br)cs2)cc1Br. The summed E-state index contributed by atoms with van der Waals surface area (Å²) < 4.78 is 7.05. The topological polar surface area (TPSA) is 29.5 Å². The summed E-state index contributed by atoms with van der Waals surface area (Å²) in [7, 11) is 3.55. The van der Waals surface area contributed by atoms with Crippen LogP contribution >= 0.6 is 43.2 Å². The molecule has 6 heteroatoms. The van der Waals surface area contributed by atoms with Crippen molar-refractivity contribution in [1.82, 2.24) is 4.90 Å². The molecule has 1 aromatic carbocycles. The smallest absolute Gasteiger partial charge is 0.176 e. The average molecular weight is 433 g/mol. The van der Waals surface area contributed by atoms with Crippen molar-refractivity contribution < 1.29 is 9.53 Å². The van der Waals surface area contributed by atoms with Gasteiger partial charge in [0.1, 0.15) is 5.75 Å². The predicted molar refractivity (Wildman–Crippen MR) is 93.4 cm³/mol. The van der Waals surface area contributed by atoms with Gasteiger partial charge in [-0.15, -0.1) is 11.3 Å². The van der Waals surface area contributed by atoms with Crippen LogP contribution < -0.4 is 4.74 Å². The Kier molecular flexibility index (Phi) is 5.98. The minimum Gasteiger partial charge on any atom is -0.496 e. The van der Waals surface area contributed by atoms with Crippen LogP contribution in [-0.4, -0.2) is 31.4 Å². The maximum absolute atomic E-state index is 12.3. The zero-order valence-corrected chi connectivity index (χ0v) is 15.7. The quantitative estimate of drug-likeness (QED) is 0.625. The fourth-order valence-electron chi connectivity index (χ4n) is 1.93. The molecule has 3 nitrogen and oxygen atoms in total. The van der Waals surface area contributed by atoms with Gasteiger partial charge in [0.2, 0.25) is 0 Å². The minimum atomic E-state index is 0.0940. The van der Waals surface area contributed by atoms with Crippen LogP contribution in [0, 0.1) is 0 Å². The van der Waals surface area contributed by atoms with Crippen LogP contribution in [0.4, 0.5) is 0 Å². The highest BCUT2D eigenvalue weighted by molar-refractivity contribution is 9.10. The number of rotatable bonds is 6.